The Morgan fingerprint density at radius 2 is 1.85 bits per heavy atom. The van der Waals surface area contributed by atoms with E-state index in [1.54, 1.807) is 25.1 Å². The molecule has 0 bridgehead atoms. The zero-order chi connectivity index (χ0) is 24.4. The Hall–Kier alpha value is -3.40. The summed E-state index contributed by atoms with van der Waals surface area (Å²) in [5, 5.41) is 12.0. The topological polar surface area (TPSA) is 115 Å². The molecule has 2 aromatic carbocycles. The van der Waals surface area contributed by atoms with Crippen LogP contribution in [0.5, 0.6) is 0 Å². The zero-order valence-corrected chi connectivity index (χ0v) is 20.1. The molecule has 0 atom stereocenters. The smallest absolute Gasteiger partial charge is 0.394 e. The number of hydrogen-bond acceptors (Lipinski definition) is 5. The van der Waals surface area contributed by atoms with Crippen molar-refractivity contribution in [2.75, 3.05) is 16.8 Å². The van der Waals surface area contributed by atoms with Gasteiger partial charge in [0.1, 0.15) is 5.69 Å². The van der Waals surface area contributed by atoms with Gasteiger partial charge in [0, 0.05) is 17.9 Å². The summed E-state index contributed by atoms with van der Waals surface area (Å²) < 4.78 is 0.669. The second-order valence-electron chi connectivity index (χ2n) is 7.38. The number of carboxylic acids is 1. The number of halogens is 2. The Labute approximate surface area is 208 Å². The number of carboxylic acid groups (broad SMARTS) is 1. The number of fused-ring (bicyclic) bond motifs is 1. The van der Waals surface area contributed by atoms with Gasteiger partial charge in [-0.2, -0.15) is 0 Å². The monoisotopic (exact) mass is 516 g/mol. The van der Waals surface area contributed by atoms with E-state index in [0.29, 0.717) is 39.7 Å². The Morgan fingerprint density at radius 3 is 2.50 bits per heavy atom. The van der Waals surface area contributed by atoms with Crippen LogP contribution in [-0.2, 0) is 16.0 Å². The number of H-pyrrole nitrogens is 1. The van der Waals surface area contributed by atoms with Gasteiger partial charge in [0.25, 0.3) is 5.91 Å². The maximum atomic E-state index is 13.5. The first kappa shape index (κ1) is 23.7. The summed E-state index contributed by atoms with van der Waals surface area (Å²) in [5.41, 5.74) is 2.71. The number of rotatable bonds is 6. The van der Waals surface area contributed by atoms with Crippen LogP contribution in [0.25, 0.3) is 10.2 Å². The number of hydrogen-bond donors (Lipinski definition) is 3. The van der Waals surface area contributed by atoms with E-state index in [4.69, 9.17) is 28.3 Å². The summed E-state index contributed by atoms with van der Waals surface area (Å²) in [6, 6.07) is 14.5. The van der Waals surface area contributed by atoms with Gasteiger partial charge in [0.15, 0.2) is 5.13 Å². The Morgan fingerprint density at radius 1 is 1.12 bits per heavy atom. The third-order valence-corrected chi connectivity index (χ3v) is 7.03. The molecular weight excluding hydrogens is 499 g/mol. The number of carbonyl (C=O) groups excluding carboxylic acids is 2. The summed E-state index contributed by atoms with van der Waals surface area (Å²) >= 11 is 13.7. The predicted molar refractivity (Wildman–Crippen MR) is 133 cm³/mol. The molecule has 4 rings (SSSR count). The van der Waals surface area contributed by atoms with Crippen LogP contribution in [0.1, 0.15) is 21.7 Å². The van der Waals surface area contributed by atoms with Crippen molar-refractivity contribution in [3.8, 4) is 0 Å². The molecular formula is C23H18Cl2N4O4S. The molecule has 8 nitrogen and oxygen atoms in total. The summed E-state index contributed by atoms with van der Waals surface area (Å²) in [6.07, 6.45) is 0.577. The van der Waals surface area contributed by atoms with E-state index in [1.807, 2.05) is 30.3 Å². The molecule has 34 heavy (non-hydrogen) atoms. The van der Waals surface area contributed by atoms with Gasteiger partial charge in [0.05, 0.1) is 20.3 Å². The van der Waals surface area contributed by atoms with Crippen molar-refractivity contribution in [1.82, 2.24) is 9.97 Å². The van der Waals surface area contributed by atoms with E-state index in [9.17, 15) is 14.4 Å². The van der Waals surface area contributed by atoms with Gasteiger partial charge in [-0.1, -0.05) is 64.9 Å². The minimum absolute atomic E-state index is 0.147. The van der Waals surface area contributed by atoms with E-state index in [1.165, 1.54) is 16.2 Å². The van der Waals surface area contributed by atoms with E-state index < -0.39 is 11.9 Å². The van der Waals surface area contributed by atoms with Crippen LogP contribution in [-0.4, -0.2) is 39.4 Å². The number of benzene rings is 2. The molecule has 0 fully saturated rings. The van der Waals surface area contributed by atoms with Crippen molar-refractivity contribution in [3.05, 3.63) is 75.5 Å². The van der Waals surface area contributed by atoms with Crippen molar-refractivity contribution in [1.29, 1.82) is 0 Å². The third-order valence-electron chi connectivity index (χ3n) is 5.04. The summed E-state index contributed by atoms with van der Waals surface area (Å²) in [7, 11) is 0. The standard InChI is InChI=1S/C23H18Cl2N4O4S/c1-12-17(24)18(25)19(26-12)21(31)29(10-9-13-5-3-2-4-6-13)23-28-15-8-7-14(11-16(15)34-23)27-20(30)22(32)33/h2-8,11,26H,9-10H2,1H3,(H,27,30)(H,32,33). The van der Waals surface area contributed by atoms with Crippen molar-refractivity contribution < 1.29 is 19.5 Å². The largest absolute Gasteiger partial charge is 0.474 e. The fourth-order valence-electron chi connectivity index (χ4n) is 3.31. The highest BCUT2D eigenvalue weighted by Crippen LogP contribution is 2.34. The van der Waals surface area contributed by atoms with Crippen LogP contribution >= 0.6 is 34.5 Å². The number of aliphatic carboxylic acids is 1. The van der Waals surface area contributed by atoms with Gasteiger partial charge < -0.3 is 15.4 Å². The molecule has 3 N–H and O–H groups in total. The highest BCUT2D eigenvalue weighted by molar-refractivity contribution is 7.22. The van der Waals surface area contributed by atoms with Crippen LogP contribution in [0.2, 0.25) is 10.0 Å². The van der Waals surface area contributed by atoms with Crippen LogP contribution in [0.15, 0.2) is 48.5 Å². The summed E-state index contributed by atoms with van der Waals surface area (Å²) in [6.45, 7) is 2.06. The number of nitrogens with zero attached hydrogens (tertiary/aromatic N) is 2. The third kappa shape index (κ3) is 4.91. The molecule has 0 spiro atoms. The molecule has 174 valence electrons. The molecule has 2 amide bonds. The molecule has 0 saturated heterocycles. The van der Waals surface area contributed by atoms with Gasteiger partial charge >= 0.3 is 11.9 Å². The Balaban J connectivity index is 1.69. The SMILES string of the molecule is Cc1[nH]c(C(=O)N(CCc2ccccc2)c2nc3ccc(NC(=O)C(=O)O)cc3s2)c(Cl)c1Cl. The minimum atomic E-state index is -1.58. The lowest BCUT2D eigenvalue weighted by Crippen LogP contribution is -2.33. The first-order chi connectivity index (χ1) is 16.2. The van der Waals surface area contributed by atoms with Crippen LogP contribution in [0.4, 0.5) is 10.8 Å². The Bertz CT molecular complexity index is 1400. The number of aromatic amines is 1. The number of amides is 2. The van der Waals surface area contributed by atoms with E-state index >= 15 is 0 Å². The number of carbonyl (C=O) groups is 3. The van der Waals surface area contributed by atoms with Crippen molar-refractivity contribution >= 4 is 73.4 Å². The van der Waals surface area contributed by atoms with E-state index in [0.717, 1.165) is 5.56 Å². The minimum Gasteiger partial charge on any atom is -0.474 e. The number of aryl methyl sites for hydroxylation is 1. The van der Waals surface area contributed by atoms with Crippen molar-refractivity contribution in [2.24, 2.45) is 0 Å². The van der Waals surface area contributed by atoms with E-state index in [2.05, 4.69) is 15.3 Å². The van der Waals surface area contributed by atoms with Crippen molar-refractivity contribution in [2.45, 2.75) is 13.3 Å². The van der Waals surface area contributed by atoms with Gasteiger partial charge in [-0.15, -0.1) is 0 Å². The molecule has 4 aromatic rings. The summed E-state index contributed by atoms with van der Waals surface area (Å²) in [4.78, 5) is 44.9. The molecule has 0 radical (unpaired) electrons. The fraction of sp³-hybridized carbons (Fsp3) is 0.130. The molecule has 0 aliphatic carbocycles. The van der Waals surface area contributed by atoms with Crippen LogP contribution in [0, 0.1) is 6.92 Å². The predicted octanol–water partition coefficient (Wildman–Crippen LogP) is 5.15. The average molecular weight is 517 g/mol. The maximum Gasteiger partial charge on any atom is 0.394 e. The van der Waals surface area contributed by atoms with Gasteiger partial charge in [0.2, 0.25) is 0 Å². The molecule has 0 aliphatic rings. The lowest BCUT2D eigenvalue weighted by Gasteiger charge is -2.19. The average Bonchev–Trinajstić information content (AvgIpc) is 3.35. The van der Waals surface area contributed by atoms with Crippen LogP contribution < -0.4 is 10.2 Å². The zero-order valence-electron chi connectivity index (χ0n) is 17.8. The lowest BCUT2D eigenvalue weighted by atomic mass is 10.1. The molecule has 0 aliphatic heterocycles. The molecule has 0 unspecified atom stereocenters. The molecule has 2 heterocycles. The number of anilines is 2. The number of aromatic nitrogens is 2. The quantitative estimate of drug-likeness (QED) is 0.306. The maximum absolute atomic E-state index is 13.5. The van der Waals surface area contributed by atoms with Gasteiger partial charge in [-0.3, -0.25) is 14.5 Å². The summed E-state index contributed by atoms with van der Waals surface area (Å²) in [5.74, 6) is -3.11. The number of thiazole rings is 1. The van der Waals surface area contributed by atoms with Gasteiger partial charge in [-0.25, -0.2) is 9.78 Å². The number of nitrogens with one attached hydrogen (secondary N) is 2. The lowest BCUT2D eigenvalue weighted by molar-refractivity contribution is -0.147. The first-order valence-electron chi connectivity index (χ1n) is 10.1. The molecule has 0 saturated carbocycles. The Kier molecular flexibility index (Phi) is 6.87. The first-order valence-corrected chi connectivity index (χ1v) is 11.7. The second-order valence-corrected chi connectivity index (χ2v) is 9.15. The highest BCUT2D eigenvalue weighted by Gasteiger charge is 2.26. The molecule has 2 aromatic heterocycles. The highest BCUT2D eigenvalue weighted by atomic mass is 35.5. The van der Waals surface area contributed by atoms with Gasteiger partial charge in [-0.05, 0) is 37.1 Å². The van der Waals surface area contributed by atoms with Crippen molar-refractivity contribution in [3.63, 3.8) is 0 Å². The van der Waals surface area contributed by atoms with Crippen LogP contribution in [0.3, 0.4) is 0 Å². The van der Waals surface area contributed by atoms with E-state index in [-0.39, 0.29) is 21.6 Å². The second kappa shape index (κ2) is 9.84. The normalized spacial score (nSPS) is 10.9. The fourth-order valence-corrected chi connectivity index (χ4v) is 4.75. The molecule has 11 heteroatoms.